The van der Waals surface area contributed by atoms with Gasteiger partial charge in [0.2, 0.25) is 5.91 Å². The average Bonchev–Trinajstić information content (AvgIpc) is 2.73. The van der Waals surface area contributed by atoms with Gasteiger partial charge in [0.1, 0.15) is 11.6 Å². The third-order valence-corrected chi connectivity index (χ3v) is 6.13. The van der Waals surface area contributed by atoms with Crippen LogP contribution in [0.25, 0.3) is 10.9 Å². The molecule has 2 saturated heterocycles. The number of nitrogens with zero attached hydrogens (tertiary/aromatic N) is 3. The molecule has 2 aromatic rings. The molecule has 7 heteroatoms. The zero-order chi connectivity index (χ0) is 20.4. The molecule has 156 valence electrons. The Bertz CT molecular complexity index is 871. The Morgan fingerprint density at radius 3 is 2.55 bits per heavy atom. The predicted octanol–water partition coefficient (Wildman–Crippen LogP) is 4.11. The molecule has 0 aliphatic carbocycles. The Morgan fingerprint density at radius 1 is 1.14 bits per heavy atom. The summed E-state index contributed by atoms with van der Waals surface area (Å²) in [4.78, 5) is 21.1. The number of hydrogen-bond acceptors (Lipinski definition) is 4. The molecule has 0 bridgehead atoms. The number of fused-ring (bicyclic) bond motifs is 1. The summed E-state index contributed by atoms with van der Waals surface area (Å²) >= 11 is 0. The van der Waals surface area contributed by atoms with Crippen LogP contribution in [0.15, 0.2) is 30.3 Å². The highest BCUT2D eigenvalue weighted by Crippen LogP contribution is 2.30. The Morgan fingerprint density at radius 2 is 1.86 bits per heavy atom. The summed E-state index contributed by atoms with van der Waals surface area (Å²) in [5.41, 5.74) is 0.933. The van der Waals surface area contributed by atoms with E-state index in [-0.39, 0.29) is 31.8 Å². The molecule has 0 unspecified atom stereocenters. The quantitative estimate of drug-likeness (QED) is 0.771. The highest BCUT2D eigenvalue weighted by molar-refractivity contribution is 5.82. The highest BCUT2D eigenvalue weighted by Gasteiger charge is 2.36. The molecule has 2 aliphatic rings. The molecule has 0 saturated carbocycles. The van der Waals surface area contributed by atoms with E-state index in [4.69, 9.17) is 9.72 Å². The fourth-order valence-corrected chi connectivity index (χ4v) is 4.22. The van der Waals surface area contributed by atoms with Crippen molar-refractivity contribution in [3.63, 3.8) is 0 Å². The van der Waals surface area contributed by atoms with E-state index in [1.165, 1.54) is 0 Å². The molecular weight excluding hydrogens is 376 g/mol. The topological polar surface area (TPSA) is 45.7 Å². The number of piperidine rings is 2. The van der Waals surface area contributed by atoms with Crippen molar-refractivity contribution < 1.29 is 18.3 Å². The number of methoxy groups -OCH3 is 1. The predicted molar refractivity (Wildman–Crippen MR) is 109 cm³/mol. The number of anilines is 1. The number of hydrogen-bond donors (Lipinski definition) is 0. The molecule has 1 aromatic heterocycles. The first-order valence-corrected chi connectivity index (χ1v) is 10.3. The number of likely N-dealkylation sites (tertiary alicyclic amines) is 1. The van der Waals surface area contributed by atoms with Gasteiger partial charge >= 0.3 is 0 Å². The van der Waals surface area contributed by atoms with Crippen LogP contribution in [-0.2, 0) is 4.79 Å². The van der Waals surface area contributed by atoms with E-state index >= 15 is 0 Å². The number of ether oxygens (including phenoxy) is 1. The summed E-state index contributed by atoms with van der Waals surface area (Å²) in [7, 11) is 1.65. The lowest BCUT2D eigenvalue weighted by atomic mass is 9.92. The normalized spacial score (nSPS) is 20.1. The number of halogens is 2. The van der Waals surface area contributed by atoms with E-state index in [0.717, 1.165) is 48.4 Å². The van der Waals surface area contributed by atoms with Crippen LogP contribution in [0, 0.1) is 5.92 Å². The number of benzene rings is 1. The Kier molecular flexibility index (Phi) is 5.56. The number of carbonyl (C=O) groups is 1. The number of alkyl halides is 2. The van der Waals surface area contributed by atoms with Gasteiger partial charge < -0.3 is 14.5 Å². The van der Waals surface area contributed by atoms with Crippen LogP contribution < -0.4 is 9.64 Å². The molecule has 2 fully saturated rings. The molecule has 1 aromatic carbocycles. The first-order valence-electron chi connectivity index (χ1n) is 10.3. The van der Waals surface area contributed by atoms with Crippen molar-refractivity contribution in [2.24, 2.45) is 5.92 Å². The van der Waals surface area contributed by atoms with Crippen molar-refractivity contribution in [2.45, 2.75) is 38.0 Å². The largest absolute Gasteiger partial charge is 0.497 e. The maximum atomic E-state index is 13.3. The molecule has 29 heavy (non-hydrogen) atoms. The molecule has 5 nitrogen and oxygen atoms in total. The first-order chi connectivity index (χ1) is 13.9. The van der Waals surface area contributed by atoms with Gasteiger partial charge in [-0.2, -0.15) is 0 Å². The van der Waals surface area contributed by atoms with E-state index in [1.807, 2.05) is 24.3 Å². The van der Waals surface area contributed by atoms with E-state index in [9.17, 15) is 13.6 Å². The van der Waals surface area contributed by atoms with E-state index in [2.05, 4.69) is 11.0 Å². The number of pyridine rings is 1. The van der Waals surface area contributed by atoms with Crippen molar-refractivity contribution in [1.29, 1.82) is 0 Å². The van der Waals surface area contributed by atoms with Crippen LogP contribution in [0.4, 0.5) is 14.6 Å². The van der Waals surface area contributed by atoms with Gasteiger partial charge in [0.05, 0.1) is 12.6 Å². The lowest BCUT2D eigenvalue weighted by Crippen LogP contribution is -2.44. The molecule has 0 spiro atoms. The molecular formula is C22H27F2N3O2. The molecule has 3 heterocycles. The molecule has 2 aliphatic heterocycles. The highest BCUT2D eigenvalue weighted by atomic mass is 19.3. The lowest BCUT2D eigenvalue weighted by molar-refractivity contribution is -0.138. The summed E-state index contributed by atoms with van der Waals surface area (Å²) in [6, 6.07) is 9.93. The molecule has 4 rings (SSSR count). The van der Waals surface area contributed by atoms with Crippen molar-refractivity contribution in [3.8, 4) is 5.75 Å². The van der Waals surface area contributed by atoms with Gasteiger partial charge in [0.25, 0.3) is 5.92 Å². The van der Waals surface area contributed by atoms with Crippen LogP contribution in [0.1, 0.15) is 32.1 Å². The van der Waals surface area contributed by atoms with E-state index in [0.29, 0.717) is 12.3 Å². The van der Waals surface area contributed by atoms with Gasteiger partial charge in [-0.25, -0.2) is 13.8 Å². The van der Waals surface area contributed by atoms with Crippen LogP contribution in [-0.4, -0.2) is 55.0 Å². The van der Waals surface area contributed by atoms with Gasteiger partial charge in [-0.1, -0.05) is 0 Å². The third-order valence-electron chi connectivity index (χ3n) is 6.13. The molecule has 0 atom stereocenters. The number of carbonyl (C=O) groups excluding carboxylic acids is 1. The summed E-state index contributed by atoms with van der Waals surface area (Å²) in [6.45, 7) is 2.06. The Labute approximate surface area is 169 Å². The van der Waals surface area contributed by atoms with Crippen LogP contribution in [0.2, 0.25) is 0 Å². The van der Waals surface area contributed by atoms with E-state index in [1.54, 1.807) is 12.0 Å². The standard InChI is InChI=1S/C22H27F2N3O2/c1-29-18-3-4-19-17(15-18)2-5-20(25-19)26-10-6-16(7-11-26)14-21(28)27-12-8-22(23,24)9-13-27/h2-5,15-16H,6-14H2,1H3. The second-order valence-corrected chi connectivity index (χ2v) is 8.10. The van der Waals surface area contributed by atoms with Gasteiger partial charge in [0, 0.05) is 50.8 Å². The second kappa shape index (κ2) is 8.13. The van der Waals surface area contributed by atoms with Crippen LogP contribution in [0.5, 0.6) is 5.75 Å². The second-order valence-electron chi connectivity index (χ2n) is 8.10. The van der Waals surface area contributed by atoms with Crippen LogP contribution >= 0.6 is 0 Å². The summed E-state index contributed by atoms with van der Waals surface area (Å²) in [6.07, 6.45) is 1.87. The van der Waals surface area contributed by atoms with Gasteiger partial charge in [-0.05, 0) is 49.1 Å². The molecule has 1 amide bonds. The van der Waals surface area contributed by atoms with E-state index < -0.39 is 5.92 Å². The summed E-state index contributed by atoms with van der Waals surface area (Å²) < 4.78 is 31.8. The monoisotopic (exact) mass is 403 g/mol. The number of rotatable bonds is 4. The maximum Gasteiger partial charge on any atom is 0.251 e. The zero-order valence-corrected chi connectivity index (χ0v) is 16.7. The van der Waals surface area contributed by atoms with Crippen molar-refractivity contribution >= 4 is 22.6 Å². The Balaban J connectivity index is 1.31. The maximum absolute atomic E-state index is 13.3. The van der Waals surface area contributed by atoms with Gasteiger partial charge in [-0.3, -0.25) is 4.79 Å². The first kappa shape index (κ1) is 19.9. The SMILES string of the molecule is COc1ccc2nc(N3CCC(CC(=O)N4CCC(F)(F)CC4)CC3)ccc2c1. The third kappa shape index (κ3) is 4.60. The summed E-state index contributed by atoms with van der Waals surface area (Å²) in [5, 5.41) is 1.04. The van der Waals surface area contributed by atoms with Gasteiger partial charge in [0.15, 0.2) is 0 Å². The number of amides is 1. The average molecular weight is 403 g/mol. The van der Waals surface area contributed by atoms with Crippen molar-refractivity contribution in [2.75, 3.05) is 38.2 Å². The summed E-state index contributed by atoms with van der Waals surface area (Å²) in [5.74, 6) is -0.511. The minimum atomic E-state index is -2.61. The van der Waals surface area contributed by atoms with Crippen molar-refractivity contribution in [1.82, 2.24) is 9.88 Å². The van der Waals surface area contributed by atoms with Crippen LogP contribution in [0.3, 0.4) is 0 Å². The fraction of sp³-hybridized carbons (Fsp3) is 0.545. The van der Waals surface area contributed by atoms with Crippen molar-refractivity contribution in [3.05, 3.63) is 30.3 Å². The minimum Gasteiger partial charge on any atom is -0.497 e. The molecule has 0 N–H and O–H groups in total. The Hall–Kier alpha value is -2.44. The smallest absolute Gasteiger partial charge is 0.251 e. The fourth-order valence-electron chi connectivity index (χ4n) is 4.22. The zero-order valence-electron chi connectivity index (χ0n) is 16.7. The van der Waals surface area contributed by atoms with Gasteiger partial charge in [-0.15, -0.1) is 0 Å². The lowest BCUT2D eigenvalue weighted by Gasteiger charge is -2.35. The minimum absolute atomic E-state index is 0.0247. The molecule has 0 radical (unpaired) electrons. The number of aromatic nitrogens is 1.